The molecular formula is C14H19Br2NO2. The predicted octanol–water partition coefficient (Wildman–Crippen LogP) is 4.59. The second-order valence-electron chi connectivity index (χ2n) is 4.82. The molecule has 0 bridgehead atoms. The largest absolute Gasteiger partial charge is 0.495 e. The van der Waals surface area contributed by atoms with E-state index in [0.29, 0.717) is 12.1 Å². The molecule has 19 heavy (non-hydrogen) atoms. The van der Waals surface area contributed by atoms with Crippen LogP contribution in [0.2, 0.25) is 0 Å². The maximum atomic E-state index is 5.40. The van der Waals surface area contributed by atoms with E-state index in [4.69, 9.17) is 9.47 Å². The van der Waals surface area contributed by atoms with Gasteiger partial charge in [-0.2, -0.15) is 0 Å². The van der Waals surface area contributed by atoms with Crippen LogP contribution in [0.5, 0.6) is 5.75 Å². The van der Waals surface area contributed by atoms with E-state index in [1.165, 1.54) is 0 Å². The molecule has 2 rings (SSSR count). The summed E-state index contributed by atoms with van der Waals surface area (Å²) in [6, 6.07) is 4.55. The van der Waals surface area contributed by atoms with E-state index < -0.39 is 0 Å². The molecule has 1 aliphatic rings. The molecule has 106 valence electrons. The van der Waals surface area contributed by atoms with Crippen LogP contribution >= 0.6 is 31.9 Å². The van der Waals surface area contributed by atoms with Gasteiger partial charge in [-0.3, -0.25) is 0 Å². The Hall–Kier alpha value is -0.260. The highest BCUT2D eigenvalue weighted by molar-refractivity contribution is 9.11. The fraction of sp³-hybridized carbons (Fsp3) is 0.571. The lowest BCUT2D eigenvalue weighted by Crippen LogP contribution is -2.29. The highest BCUT2D eigenvalue weighted by atomic mass is 79.9. The molecule has 1 fully saturated rings. The van der Waals surface area contributed by atoms with E-state index in [1.54, 1.807) is 14.2 Å². The van der Waals surface area contributed by atoms with E-state index in [-0.39, 0.29) is 0 Å². The lowest BCUT2D eigenvalue weighted by molar-refractivity contribution is 0.0682. The third-order valence-electron chi connectivity index (χ3n) is 3.61. The van der Waals surface area contributed by atoms with E-state index in [0.717, 1.165) is 46.1 Å². The van der Waals surface area contributed by atoms with Crippen LogP contribution in [0.25, 0.3) is 0 Å². The van der Waals surface area contributed by atoms with Gasteiger partial charge in [-0.05, 0) is 63.6 Å². The lowest BCUT2D eigenvalue weighted by atomic mass is 9.93. The van der Waals surface area contributed by atoms with Crippen LogP contribution in [-0.2, 0) is 4.74 Å². The summed E-state index contributed by atoms with van der Waals surface area (Å²) in [6.07, 6.45) is 4.96. The molecule has 5 heteroatoms. The Balaban J connectivity index is 2.03. The number of hydrogen-bond donors (Lipinski definition) is 1. The maximum absolute atomic E-state index is 5.40. The third-order valence-corrected chi connectivity index (χ3v) is 4.88. The van der Waals surface area contributed by atoms with Crippen LogP contribution < -0.4 is 10.1 Å². The minimum atomic E-state index is 0.431. The average Bonchev–Trinajstić information content (AvgIpc) is 2.42. The van der Waals surface area contributed by atoms with Crippen LogP contribution in [0.3, 0.4) is 0 Å². The number of nitrogens with one attached hydrogen (secondary N) is 1. The molecule has 1 aromatic rings. The standard InChI is InChI=1S/C14H19Br2NO2/c1-18-10-5-3-9(4-6-10)17-13-8-14(19-2)12(16)7-11(13)15/h7-10,17H,3-6H2,1-2H3. The zero-order valence-electron chi connectivity index (χ0n) is 11.2. The van der Waals surface area contributed by atoms with Crippen molar-refractivity contribution in [2.24, 2.45) is 0 Å². The second kappa shape index (κ2) is 6.95. The SMILES string of the molecule is COc1cc(NC2CCC(OC)CC2)c(Br)cc1Br. The molecule has 0 radical (unpaired) electrons. The van der Waals surface area contributed by atoms with Gasteiger partial charge in [-0.1, -0.05) is 0 Å². The van der Waals surface area contributed by atoms with Crippen LogP contribution in [0.4, 0.5) is 5.69 Å². The summed E-state index contributed by atoms with van der Waals surface area (Å²) in [7, 11) is 3.48. The Morgan fingerprint density at radius 2 is 1.74 bits per heavy atom. The van der Waals surface area contributed by atoms with Gasteiger partial charge in [0, 0.05) is 23.7 Å². The van der Waals surface area contributed by atoms with Gasteiger partial charge >= 0.3 is 0 Å². The van der Waals surface area contributed by atoms with Gasteiger partial charge in [0.1, 0.15) is 5.75 Å². The number of ether oxygens (including phenoxy) is 2. The van der Waals surface area contributed by atoms with E-state index in [1.807, 2.05) is 12.1 Å². The van der Waals surface area contributed by atoms with Crippen molar-refractivity contribution >= 4 is 37.5 Å². The van der Waals surface area contributed by atoms with Crippen molar-refractivity contribution in [2.45, 2.75) is 37.8 Å². The van der Waals surface area contributed by atoms with Gasteiger partial charge < -0.3 is 14.8 Å². The summed E-state index contributed by atoms with van der Waals surface area (Å²) < 4.78 is 12.7. The van der Waals surface area contributed by atoms with Gasteiger partial charge in [-0.25, -0.2) is 0 Å². The van der Waals surface area contributed by atoms with Crippen molar-refractivity contribution in [1.82, 2.24) is 0 Å². The zero-order chi connectivity index (χ0) is 13.8. The van der Waals surface area contributed by atoms with Crippen molar-refractivity contribution in [3.8, 4) is 5.75 Å². The number of methoxy groups -OCH3 is 2. The fourth-order valence-corrected chi connectivity index (χ4v) is 3.73. The minimum absolute atomic E-state index is 0.431. The van der Waals surface area contributed by atoms with Crippen molar-refractivity contribution in [3.05, 3.63) is 21.1 Å². The summed E-state index contributed by atoms with van der Waals surface area (Å²) in [5.74, 6) is 0.844. The van der Waals surface area contributed by atoms with E-state index in [9.17, 15) is 0 Å². The van der Waals surface area contributed by atoms with E-state index >= 15 is 0 Å². The molecule has 1 N–H and O–H groups in total. The van der Waals surface area contributed by atoms with E-state index in [2.05, 4.69) is 37.2 Å². The first-order valence-electron chi connectivity index (χ1n) is 6.46. The van der Waals surface area contributed by atoms with Gasteiger partial charge in [0.2, 0.25) is 0 Å². The zero-order valence-corrected chi connectivity index (χ0v) is 14.4. The average molecular weight is 393 g/mol. The number of rotatable bonds is 4. The monoisotopic (exact) mass is 391 g/mol. The van der Waals surface area contributed by atoms with Gasteiger partial charge in [-0.15, -0.1) is 0 Å². The molecule has 3 nitrogen and oxygen atoms in total. The van der Waals surface area contributed by atoms with Crippen LogP contribution in [-0.4, -0.2) is 26.4 Å². The normalized spacial score (nSPS) is 23.2. The van der Waals surface area contributed by atoms with Crippen LogP contribution in [0.1, 0.15) is 25.7 Å². The molecule has 0 saturated heterocycles. The minimum Gasteiger partial charge on any atom is -0.495 e. The third kappa shape index (κ3) is 3.86. The number of hydrogen-bond acceptors (Lipinski definition) is 3. The summed E-state index contributed by atoms with van der Waals surface area (Å²) in [6.45, 7) is 0. The van der Waals surface area contributed by atoms with Crippen molar-refractivity contribution in [2.75, 3.05) is 19.5 Å². The number of benzene rings is 1. The maximum Gasteiger partial charge on any atom is 0.135 e. The highest BCUT2D eigenvalue weighted by Crippen LogP contribution is 2.36. The molecule has 1 aromatic carbocycles. The van der Waals surface area contributed by atoms with Gasteiger partial charge in [0.15, 0.2) is 0 Å². The summed E-state index contributed by atoms with van der Waals surface area (Å²) in [5, 5.41) is 3.59. The molecule has 0 heterocycles. The molecule has 1 saturated carbocycles. The Morgan fingerprint density at radius 1 is 1.05 bits per heavy atom. The molecule has 0 amide bonds. The first-order chi connectivity index (χ1) is 9.13. The van der Waals surface area contributed by atoms with Crippen molar-refractivity contribution in [3.63, 3.8) is 0 Å². The highest BCUT2D eigenvalue weighted by Gasteiger charge is 2.21. The predicted molar refractivity (Wildman–Crippen MR) is 85.1 cm³/mol. The topological polar surface area (TPSA) is 30.5 Å². The Labute approximate surface area is 131 Å². The molecular weight excluding hydrogens is 374 g/mol. The molecule has 0 unspecified atom stereocenters. The first kappa shape index (κ1) is 15.1. The van der Waals surface area contributed by atoms with Crippen LogP contribution in [0, 0.1) is 0 Å². The molecule has 0 aliphatic heterocycles. The van der Waals surface area contributed by atoms with Crippen LogP contribution in [0.15, 0.2) is 21.1 Å². The summed E-state index contributed by atoms with van der Waals surface area (Å²) in [4.78, 5) is 0. The number of anilines is 1. The lowest BCUT2D eigenvalue weighted by Gasteiger charge is -2.29. The molecule has 0 atom stereocenters. The first-order valence-corrected chi connectivity index (χ1v) is 8.05. The summed E-state index contributed by atoms with van der Waals surface area (Å²) >= 11 is 7.07. The molecule has 0 aromatic heterocycles. The Kier molecular flexibility index (Phi) is 5.54. The Bertz CT molecular complexity index is 432. The Morgan fingerprint density at radius 3 is 2.32 bits per heavy atom. The quantitative estimate of drug-likeness (QED) is 0.812. The number of halogens is 2. The van der Waals surface area contributed by atoms with Gasteiger partial charge in [0.25, 0.3) is 0 Å². The smallest absolute Gasteiger partial charge is 0.135 e. The fourth-order valence-electron chi connectivity index (χ4n) is 2.46. The molecule has 1 aliphatic carbocycles. The summed E-state index contributed by atoms with van der Waals surface area (Å²) in [5.41, 5.74) is 1.08. The molecule has 0 spiro atoms. The van der Waals surface area contributed by atoms with Gasteiger partial charge in [0.05, 0.1) is 23.4 Å². The van der Waals surface area contributed by atoms with Crippen molar-refractivity contribution in [1.29, 1.82) is 0 Å². The second-order valence-corrected chi connectivity index (χ2v) is 6.53. The van der Waals surface area contributed by atoms with Crippen molar-refractivity contribution < 1.29 is 9.47 Å².